The third-order valence-corrected chi connectivity index (χ3v) is 5.61. The number of hydrogen-bond donors (Lipinski definition) is 3. The second-order valence-corrected chi connectivity index (χ2v) is 7.93. The Morgan fingerprint density at radius 3 is 2.52 bits per heavy atom. The molecule has 1 aromatic heterocycles. The molecule has 27 heavy (non-hydrogen) atoms. The molecule has 3 rings (SSSR count). The number of aromatic hydroxyl groups is 1. The molecule has 9 heteroatoms. The van der Waals surface area contributed by atoms with E-state index in [1.807, 2.05) is 0 Å². The van der Waals surface area contributed by atoms with Gasteiger partial charge in [0.25, 0.3) is 10.0 Å². The second-order valence-electron chi connectivity index (χ2n) is 5.35. The van der Waals surface area contributed by atoms with Crippen molar-refractivity contribution in [2.24, 2.45) is 0 Å². The fraction of sp³-hybridized carbons (Fsp3) is 0. The van der Waals surface area contributed by atoms with Gasteiger partial charge in [-0.25, -0.2) is 13.4 Å². The van der Waals surface area contributed by atoms with Crippen LogP contribution in [0.1, 0.15) is 5.56 Å². The molecule has 0 saturated carbocycles. The van der Waals surface area contributed by atoms with Crippen molar-refractivity contribution in [2.75, 3.05) is 10.0 Å². The van der Waals surface area contributed by atoms with Gasteiger partial charge in [-0.2, -0.15) is 0 Å². The number of amides is 1. The van der Waals surface area contributed by atoms with Crippen LogP contribution in [0, 0.1) is 0 Å². The van der Waals surface area contributed by atoms with Crippen molar-refractivity contribution >= 4 is 44.2 Å². The number of thiazole rings is 1. The van der Waals surface area contributed by atoms with Crippen molar-refractivity contribution in [1.29, 1.82) is 0 Å². The Labute approximate surface area is 160 Å². The Balaban J connectivity index is 1.65. The van der Waals surface area contributed by atoms with Gasteiger partial charge in [-0.1, -0.05) is 18.2 Å². The first-order chi connectivity index (χ1) is 12.9. The summed E-state index contributed by atoms with van der Waals surface area (Å²) in [5, 5.41) is 14.2. The van der Waals surface area contributed by atoms with Crippen LogP contribution in [0.15, 0.2) is 71.1 Å². The van der Waals surface area contributed by atoms with Gasteiger partial charge in [-0.15, -0.1) is 11.3 Å². The van der Waals surface area contributed by atoms with Crippen molar-refractivity contribution < 1.29 is 18.3 Å². The van der Waals surface area contributed by atoms with Crippen LogP contribution in [0.4, 0.5) is 10.8 Å². The molecule has 0 aliphatic heterocycles. The second kappa shape index (κ2) is 8.02. The Morgan fingerprint density at radius 1 is 1.11 bits per heavy atom. The molecule has 0 spiro atoms. The Morgan fingerprint density at radius 2 is 1.85 bits per heavy atom. The molecule has 1 heterocycles. The number of carbonyl (C=O) groups excluding carboxylic acids is 1. The zero-order valence-electron chi connectivity index (χ0n) is 13.9. The van der Waals surface area contributed by atoms with Gasteiger partial charge in [-0.05, 0) is 36.4 Å². The molecule has 0 aliphatic rings. The minimum absolute atomic E-state index is 0.0560. The van der Waals surface area contributed by atoms with Crippen LogP contribution in [0.2, 0.25) is 0 Å². The molecule has 3 aromatic rings. The van der Waals surface area contributed by atoms with Gasteiger partial charge < -0.3 is 10.4 Å². The molecule has 0 aliphatic carbocycles. The predicted molar refractivity (Wildman–Crippen MR) is 105 cm³/mol. The number of anilines is 2. The van der Waals surface area contributed by atoms with Crippen molar-refractivity contribution in [3.63, 3.8) is 0 Å². The summed E-state index contributed by atoms with van der Waals surface area (Å²) >= 11 is 1.18. The third kappa shape index (κ3) is 4.93. The van der Waals surface area contributed by atoms with Gasteiger partial charge in [0.05, 0.1) is 4.90 Å². The molecule has 0 bridgehead atoms. The molecule has 2 aromatic carbocycles. The largest absolute Gasteiger partial charge is 0.507 e. The number of rotatable bonds is 6. The van der Waals surface area contributed by atoms with E-state index in [1.54, 1.807) is 23.6 Å². The summed E-state index contributed by atoms with van der Waals surface area (Å²) < 4.78 is 26.9. The van der Waals surface area contributed by atoms with Crippen LogP contribution in [0.3, 0.4) is 0 Å². The summed E-state index contributed by atoms with van der Waals surface area (Å²) in [5.74, 6) is -0.335. The molecular weight excluding hydrogens is 386 g/mol. The van der Waals surface area contributed by atoms with Crippen LogP contribution < -0.4 is 10.0 Å². The van der Waals surface area contributed by atoms with Gasteiger partial charge in [0.15, 0.2) is 5.13 Å². The van der Waals surface area contributed by atoms with Crippen molar-refractivity contribution in [1.82, 2.24) is 4.98 Å². The average molecular weight is 401 g/mol. The summed E-state index contributed by atoms with van der Waals surface area (Å²) in [6, 6.07) is 12.4. The van der Waals surface area contributed by atoms with Crippen molar-refractivity contribution in [3.05, 3.63) is 71.7 Å². The lowest BCUT2D eigenvalue weighted by atomic mass is 10.2. The van der Waals surface area contributed by atoms with E-state index in [-0.39, 0.29) is 15.8 Å². The molecule has 0 saturated heterocycles. The van der Waals surface area contributed by atoms with Gasteiger partial charge in [0.1, 0.15) is 5.75 Å². The minimum Gasteiger partial charge on any atom is -0.507 e. The monoisotopic (exact) mass is 401 g/mol. The van der Waals surface area contributed by atoms with Gasteiger partial charge in [0.2, 0.25) is 5.91 Å². The van der Waals surface area contributed by atoms with Crippen molar-refractivity contribution in [3.8, 4) is 5.75 Å². The zero-order chi connectivity index (χ0) is 19.3. The molecule has 0 unspecified atom stereocenters. The number of benzene rings is 2. The number of para-hydroxylation sites is 1. The number of carbonyl (C=O) groups is 1. The third-order valence-electron chi connectivity index (χ3n) is 3.44. The average Bonchev–Trinajstić information content (AvgIpc) is 3.14. The summed E-state index contributed by atoms with van der Waals surface area (Å²) in [6.07, 6.45) is 4.27. The highest BCUT2D eigenvalue weighted by Gasteiger charge is 2.15. The molecule has 0 atom stereocenters. The molecule has 0 radical (unpaired) electrons. The van der Waals surface area contributed by atoms with Crippen LogP contribution >= 0.6 is 11.3 Å². The maximum atomic E-state index is 12.3. The lowest BCUT2D eigenvalue weighted by Gasteiger charge is -2.07. The first kappa shape index (κ1) is 18.6. The van der Waals surface area contributed by atoms with E-state index in [0.29, 0.717) is 11.3 Å². The Bertz CT molecular complexity index is 1060. The molecule has 7 nitrogen and oxygen atoms in total. The number of phenols is 1. The Kier molecular flexibility index (Phi) is 5.53. The summed E-state index contributed by atoms with van der Waals surface area (Å²) in [4.78, 5) is 15.9. The van der Waals surface area contributed by atoms with Gasteiger partial charge in [0, 0.05) is 28.9 Å². The van der Waals surface area contributed by atoms with E-state index in [9.17, 15) is 18.3 Å². The highest BCUT2D eigenvalue weighted by Crippen LogP contribution is 2.20. The fourth-order valence-corrected chi connectivity index (χ4v) is 3.93. The SMILES string of the molecule is O=C(C=Cc1ccccc1O)Nc1ccc(S(=O)(=O)Nc2nccs2)cc1. The minimum atomic E-state index is -3.74. The molecule has 0 fully saturated rings. The molecule has 1 amide bonds. The van der Waals surface area contributed by atoms with E-state index in [1.165, 1.54) is 60.0 Å². The van der Waals surface area contributed by atoms with Crippen LogP contribution in [-0.4, -0.2) is 24.4 Å². The highest BCUT2D eigenvalue weighted by molar-refractivity contribution is 7.93. The lowest BCUT2D eigenvalue weighted by molar-refractivity contribution is -0.111. The van der Waals surface area contributed by atoms with Crippen LogP contribution in [0.25, 0.3) is 6.08 Å². The summed E-state index contributed by atoms with van der Waals surface area (Å²) in [6.45, 7) is 0. The lowest BCUT2D eigenvalue weighted by Crippen LogP contribution is -2.13. The fourth-order valence-electron chi connectivity index (χ4n) is 2.14. The van der Waals surface area contributed by atoms with E-state index in [4.69, 9.17) is 0 Å². The Hall–Kier alpha value is -3.17. The zero-order valence-corrected chi connectivity index (χ0v) is 15.5. The first-order valence-corrected chi connectivity index (χ1v) is 10.1. The number of phenolic OH excluding ortho intramolecular Hbond substituents is 1. The molecule has 3 N–H and O–H groups in total. The van der Waals surface area contributed by atoms with Gasteiger partial charge >= 0.3 is 0 Å². The molecular formula is C18H15N3O4S2. The number of nitrogens with zero attached hydrogens (tertiary/aromatic N) is 1. The summed E-state index contributed by atoms with van der Waals surface area (Å²) in [5.41, 5.74) is 0.956. The van der Waals surface area contributed by atoms with Crippen LogP contribution in [0.5, 0.6) is 5.75 Å². The quantitative estimate of drug-likeness (QED) is 0.549. The maximum Gasteiger partial charge on any atom is 0.263 e. The highest BCUT2D eigenvalue weighted by atomic mass is 32.2. The molecule has 138 valence electrons. The number of hydrogen-bond acceptors (Lipinski definition) is 6. The topological polar surface area (TPSA) is 108 Å². The number of nitrogens with one attached hydrogen (secondary N) is 2. The van der Waals surface area contributed by atoms with E-state index < -0.39 is 15.9 Å². The normalized spacial score (nSPS) is 11.4. The maximum absolute atomic E-state index is 12.3. The number of aromatic nitrogens is 1. The van der Waals surface area contributed by atoms with Crippen molar-refractivity contribution in [2.45, 2.75) is 4.90 Å². The van der Waals surface area contributed by atoms with E-state index >= 15 is 0 Å². The first-order valence-electron chi connectivity index (χ1n) is 7.73. The smallest absolute Gasteiger partial charge is 0.263 e. The van der Waals surface area contributed by atoms with Gasteiger partial charge in [-0.3, -0.25) is 9.52 Å². The predicted octanol–water partition coefficient (Wildman–Crippen LogP) is 3.30. The standard InChI is InChI=1S/C18H15N3O4S2/c22-16-4-2-1-3-13(16)5-10-17(23)20-14-6-8-15(9-7-14)27(24,25)21-18-19-11-12-26-18/h1-12,22H,(H,19,21)(H,20,23). The van der Waals surface area contributed by atoms with E-state index in [0.717, 1.165) is 0 Å². The summed E-state index contributed by atoms with van der Waals surface area (Å²) in [7, 11) is -3.74. The van der Waals surface area contributed by atoms with E-state index in [2.05, 4.69) is 15.0 Å². The van der Waals surface area contributed by atoms with Crippen LogP contribution in [-0.2, 0) is 14.8 Å². The number of sulfonamides is 1.